The summed E-state index contributed by atoms with van der Waals surface area (Å²) in [5.41, 5.74) is 0.165. The third-order valence-corrected chi connectivity index (χ3v) is 4.91. The Labute approximate surface area is 172 Å². The molecule has 1 fully saturated rings. The molecule has 1 aliphatic heterocycles. The highest BCUT2D eigenvalue weighted by atomic mass is 35.5. The number of imide groups is 1. The predicted molar refractivity (Wildman–Crippen MR) is 108 cm³/mol. The number of carbonyl (C=O) groups is 4. The fourth-order valence-electron chi connectivity index (χ4n) is 3.01. The Morgan fingerprint density at radius 1 is 1.07 bits per heavy atom. The van der Waals surface area contributed by atoms with E-state index in [0.717, 1.165) is 4.90 Å². The number of nitrogens with one attached hydrogen (secondary N) is 3. The molecule has 5 amide bonds. The zero-order chi connectivity index (χ0) is 21.2. The Morgan fingerprint density at radius 2 is 1.69 bits per heavy atom. The molecule has 3 rings (SSSR count). The van der Waals surface area contributed by atoms with Crippen molar-refractivity contribution in [1.29, 1.82) is 0 Å². The summed E-state index contributed by atoms with van der Waals surface area (Å²) in [7, 11) is 1.52. The van der Waals surface area contributed by atoms with Crippen molar-refractivity contribution >= 4 is 41.0 Å². The molecule has 150 valence electrons. The molecule has 2 aromatic carbocycles. The van der Waals surface area contributed by atoms with Crippen LogP contribution < -0.4 is 16.0 Å². The van der Waals surface area contributed by atoms with Crippen LogP contribution in [0, 0.1) is 0 Å². The molecule has 9 heteroatoms. The monoisotopic (exact) mass is 414 g/mol. The third kappa shape index (κ3) is 4.07. The lowest BCUT2D eigenvalue weighted by atomic mass is 9.92. The highest BCUT2D eigenvalue weighted by Gasteiger charge is 2.49. The predicted octanol–water partition coefficient (Wildman–Crippen LogP) is 2.11. The van der Waals surface area contributed by atoms with E-state index >= 15 is 0 Å². The van der Waals surface area contributed by atoms with Gasteiger partial charge in [0, 0.05) is 23.3 Å². The molecule has 0 spiro atoms. The molecule has 2 aromatic rings. The maximum Gasteiger partial charge on any atom is 0.325 e. The summed E-state index contributed by atoms with van der Waals surface area (Å²) in [5.74, 6) is -1.32. The Bertz CT molecular complexity index is 975. The second kappa shape index (κ2) is 7.92. The molecule has 1 saturated heterocycles. The number of rotatable bonds is 5. The number of carbonyl (C=O) groups excluding carboxylic acids is 4. The molecule has 1 aliphatic rings. The van der Waals surface area contributed by atoms with E-state index in [4.69, 9.17) is 11.6 Å². The van der Waals surface area contributed by atoms with Crippen LogP contribution >= 0.6 is 11.6 Å². The van der Waals surface area contributed by atoms with Crippen molar-refractivity contribution in [3.05, 3.63) is 64.7 Å². The molecule has 0 unspecified atom stereocenters. The molecule has 0 bridgehead atoms. The van der Waals surface area contributed by atoms with E-state index in [1.54, 1.807) is 55.5 Å². The molecular formula is C20H19ClN4O4. The van der Waals surface area contributed by atoms with Crippen molar-refractivity contribution in [3.8, 4) is 0 Å². The van der Waals surface area contributed by atoms with Gasteiger partial charge in [-0.05, 0) is 48.9 Å². The summed E-state index contributed by atoms with van der Waals surface area (Å²) < 4.78 is 0. The van der Waals surface area contributed by atoms with Crippen LogP contribution in [0.5, 0.6) is 0 Å². The second-order valence-corrected chi connectivity index (χ2v) is 7.09. The standard InChI is InChI=1S/C20H19ClN4O4/c1-20(13-5-7-14(21)8-6-13)18(28)25(19(29)24-20)11-16(26)23-15-9-3-12(4-10-15)17(27)22-2/h3-10H,11H2,1-2H3,(H,22,27)(H,23,26)(H,24,29)/t20-/m0/s1. The number of urea groups is 1. The van der Waals surface area contributed by atoms with Crippen LogP contribution in [0.1, 0.15) is 22.8 Å². The maximum atomic E-state index is 12.8. The van der Waals surface area contributed by atoms with Crippen LogP contribution in [0.2, 0.25) is 5.02 Å². The van der Waals surface area contributed by atoms with Crippen LogP contribution in [0.15, 0.2) is 48.5 Å². The smallest absolute Gasteiger partial charge is 0.325 e. The minimum Gasteiger partial charge on any atom is -0.355 e. The van der Waals surface area contributed by atoms with E-state index in [2.05, 4.69) is 16.0 Å². The SMILES string of the molecule is CNC(=O)c1ccc(NC(=O)CN2C(=O)N[C@@](C)(c3ccc(Cl)cc3)C2=O)cc1. The highest BCUT2D eigenvalue weighted by molar-refractivity contribution is 6.30. The van der Waals surface area contributed by atoms with Crippen molar-refractivity contribution in [2.75, 3.05) is 18.9 Å². The summed E-state index contributed by atoms with van der Waals surface area (Å²) in [6, 6.07) is 12.1. The topological polar surface area (TPSA) is 108 Å². The normalized spacial score (nSPS) is 18.4. The number of benzene rings is 2. The lowest BCUT2D eigenvalue weighted by Crippen LogP contribution is -2.42. The highest BCUT2D eigenvalue weighted by Crippen LogP contribution is 2.29. The summed E-state index contributed by atoms with van der Waals surface area (Å²) in [5, 5.41) is 8.25. The summed E-state index contributed by atoms with van der Waals surface area (Å²) in [6.07, 6.45) is 0. The van der Waals surface area contributed by atoms with Crippen LogP contribution in [0.3, 0.4) is 0 Å². The molecule has 0 aliphatic carbocycles. The first-order valence-electron chi connectivity index (χ1n) is 8.77. The van der Waals surface area contributed by atoms with E-state index in [-0.39, 0.29) is 5.91 Å². The van der Waals surface area contributed by atoms with Gasteiger partial charge in [0.2, 0.25) is 5.91 Å². The van der Waals surface area contributed by atoms with Gasteiger partial charge in [0.25, 0.3) is 11.8 Å². The minimum absolute atomic E-state index is 0.247. The van der Waals surface area contributed by atoms with Crippen molar-refractivity contribution in [1.82, 2.24) is 15.5 Å². The Kier molecular flexibility index (Phi) is 5.56. The van der Waals surface area contributed by atoms with Gasteiger partial charge < -0.3 is 16.0 Å². The first kappa shape index (κ1) is 20.3. The quantitative estimate of drug-likeness (QED) is 0.651. The van der Waals surface area contributed by atoms with E-state index < -0.39 is 29.9 Å². The van der Waals surface area contributed by atoms with E-state index in [0.29, 0.717) is 21.8 Å². The van der Waals surface area contributed by atoms with Gasteiger partial charge in [-0.1, -0.05) is 23.7 Å². The number of halogens is 1. The number of hydrogen-bond acceptors (Lipinski definition) is 4. The van der Waals surface area contributed by atoms with Crippen LogP contribution in [0.4, 0.5) is 10.5 Å². The average Bonchev–Trinajstić information content (AvgIpc) is 2.92. The van der Waals surface area contributed by atoms with Gasteiger partial charge in [0.05, 0.1) is 0 Å². The zero-order valence-corrected chi connectivity index (χ0v) is 16.5. The molecular weight excluding hydrogens is 396 g/mol. The molecule has 0 radical (unpaired) electrons. The Hall–Kier alpha value is -3.39. The molecule has 1 atom stereocenters. The lowest BCUT2D eigenvalue weighted by molar-refractivity contribution is -0.133. The Balaban J connectivity index is 1.69. The Morgan fingerprint density at radius 3 is 2.28 bits per heavy atom. The fourth-order valence-corrected chi connectivity index (χ4v) is 3.14. The molecule has 0 aromatic heterocycles. The largest absolute Gasteiger partial charge is 0.355 e. The number of anilines is 1. The molecule has 8 nitrogen and oxygen atoms in total. The second-order valence-electron chi connectivity index (χ2n) is 6.66. The maximum absolute atomic E-state index is 12.8. The van der Waals surface area contributed by atoms with Gasteiger partial charge in [-0.15, -0.1) is 0 Å². The van der Waals surface area contributed by atoms with Crippen LogP contribution in [0.25, 0.3) is 0 Å². The van der Waals surface area contributed by atoms with E-state index in [9.17, 15) is 19.2 Å². The molecule has 29 heavy (non-hydrogen) atoms. The summed E-state index contributed by atoms with van der Waals surface area (Å²) >= 11 is 5.88. The molecule has 3 N–H and O–H groups in total. The molecule has 1 heterocycles. The number of hydrogen-bond donors (Lipinski definition) is 3. The number of amides is 5. The van der Waals surface area contributed by atoms with Gasteiger partial charge in [-0.25, -0.2) is 4.79 Å². The van der Waals surface area contributed by atoms with Gasteiger partial charge in [0.15, 0.2) is 0 Å². The van der Waals surface area contributed by atoms with Crippen molar-refractivity contribution in [3.63, 3.8) is 0 Å². The van der Waals surface area contributed by atoms with E-state index in [1.807, 2.05) is 0 Å². The first-order valence-corrected chi connectivity index (χ1v) is 9.14. The van der Waals surface area contributed by atoms with E-state index in [1.165, 1.54) is 7.05 Å². The zero-order valence-electron chi connectivity index (χ0n) is 15.8. The average molecular weight is 415 g/mol. The third-order valence-electron chi connectivity index (χ3n) is 4.66. The van der Waals surface area contributed by atoms with Crippen LogP contribution in [-0.4, -0.2) is 42.2 Å². The fraction of sp³-hybridized carbons (Fsp3) is 0.200. The van der Waals surface area contributed by atoms with Gasteiger partial charge >= 0.3 is 6.03 Å². The van der Waals surface area contributed by atoms with Gasteiger partial charge in [-0.3, -0.25) is 19.3 Å². The summed E-state index contributed by atoms with van der Waals surface area (Å²) in [6.45, 7) is 1.14. The molecule has 0 saturated carbocycles. The summed E-state index contributed by atoms with van der Waals surface area (Å²) in [4.78, 5) is 49.9. The van der Waals surface area contributed by atoms with Crippen molar-refractivity contribution in [2.45, 2.75) is 12.5 Å². The minimum atomic E-state index is -1.28. The lowest BCUT2D eigenvalue weighted by Gasteiger charge is -2.22. The van der Waals surface area contributed by atoms with Crippen molar-refractivity contribution in [2.24, 2.45) is 0 Å². The first-order chi connectivity index (χ1) is 13.7. The number of nitrogens with zero attached hydrogens (tertiary/aromatic N) is 1. The van der Waals surface area contributed by atoms with Crippen molar-refractivity contribution < 1.29 is 19.2 Å². The van der Waals surface area contributed by atoms with Crippen LogP contribution in [-0.2, 0) is 15.1 Å². The van der Waals surface area contributed by atoms with Gasteiger partial charge in [-0.2, -0.15) is 0 Å². The van der Waals surface area contributed by atoms with Gasteiger partial charge in [0.1, 0.15) is 12.1 Å².